The summed E-state index contributed by atoms with van der Waals surface area (Å²) in [4.78, 5) is 0. The largest absolute Gasteiger partial charge is 0.379 e. The normalized spacial score (nSPS) is 27.6. The van der Waals surface area contributed by atoms with Crippen LogP contribution >= 0.6 is 0 Å². The Balaban J connectivity index is 1.76. The third-order valence-corrected chi connectivity index (χ3v) is 5.14. The van der Waals surface area contributed by atoms with E-state index in [0.29, 0.717) is 17.8 Å². The lowest BCUT2D eigenvalue weighted by molar-refractivity contribution is -0.114. The molecule has 0 saturated heterocycles. The Hall–Kier alpha value is -1.09. The molecule has 0 aromatic heterocycles. The smallest absolute Gasteiger partial charge is 0.146 e. The van der Waals surface area contributed by atoms with Gasteiger partial charge in [-0.15, -0.1) is 0 Å². The van der Waals surface area contributed by atoms with Crippen molar-refractivity contribution >= 4 is 5.69 Å². The number of hydrogen-bond donors (Lipinski definition) is 1. The summed E-state index contributed by atoms with van der Waals surface area (Å²) in [5.74, 6) is -0.149. The van der Waals surface area contributed by atoms with Crippen molar-refractivity contribution in [3.8, 4) is 0 Å². The van der Waals surface area contributed by atoms with Crippen molar-refractivity contribution in [2.45, 2.75) is 58.1 Å². The summed E-state index contributed by atoms with van der Waals surface area (Å²) >= 11 is 0. The molecule has 0 heterocycles. The van der Waals surface area contributed by atoms with Crippen molar-refractivity contribution in [1.29, 1.82) is 0 Å². The molecular weight excluding hydrogens is 253 g/mol. The van der Waals surface area contributed by atoms with E-state index in [1.54, 1.807) is 6.07 Å². The maximum absolute atomic E-state index is 13.9. The molecule has 2 aliphatic rings. The van der Waals surface area contributed by atoms with Crippen LogP contribution in [0.25, 0.3) is 0 Å². The van der Waals surface area contributed by atoms with Gasteiger partial charge in [-0.2, -0.15) is 0 Å². The van der Waals surface area contributed by atoms with Crippen molar-refractivity contribution in [3.63, 3.8) is 0 Å². The molecule has 2 unspecified atom stereocenters. The minimum atomic E-state index is -0.149. The molecule has 3 rings (SSSR count). The Morgan fingerprint density at radius 1 is 1.35 bits per heavy atom. The average molecular weight is 277 g/mol. The predicted molar refractivity (Wildman–Crippen MR) is 79.5 cm³/mol. The van der Waals surface area contributed by atoms with Crippen LogP contribution in [0.5, 0.6) is 0 Å². The Kier molecular flexibility index (Phi) is 3.72. The number of benzene rings is 1. The van der Waals surface area contributed by atoms with E-state index < -0.39 is 0 Å². The number of ether oxygens (including phenoxy) is 1. The molecule has 2 nitrogen and oxygen atoms in total. The molecule has 0 amide bonds. The second kappa shape index (κ2) is 5.36. The second-order valence-electron chi connectivity index (χ2n) is 6.30. The SMILES string of the molecule is CCOC1CC(Nc2cc(C)ccc2F)C12CCCC2. The summed E-state index contributed by atoms with van der Waals surface area (Å²) in [5.41, 5.74) is 1.98. The summed E-state index contributed by atoms with van der Waals surface area (Å²) in [7, 11) is 0. The molecule has 2 atom stereocenters. The van der Waals surface area contributed by atoms with Crippen molar-refractivity contribution in [2.24, 2.45) is 5.41 Å². The maximum atomic E-state index is 13.9. The molecule has 1 spiro atoms. The number of rotatable bonds is 4. The van der Waals surface area contributed by atoms with Crippen LogP contribution in [0.1, 0.15) is 44.6 Å². The molecule has 2 fully saturated rings. The first-order valence-corrected chi connectivity index (χ1v) is 7.80. The maximum Gasteiger partial charge on any atom is 0.146 e. The van der Waals surface area contributed by atoms with Crippen LogP contribution in [0, 0.1) is 18.2 Å². The van der Waals surface area contributed by atoms with E-state index in [-0.39, 0.29) is 11.2 Å². The Bertz CT molecular complexity index is 482. The van der Waals surface area contributed by atoms with Gasteiger partial charge in [0.1, 0.15) is 5.82 Å². The van der Waals surface area contributed by atoms with E-state index in [2.05, 4.69) is 12.2 Å². The second-order valence-corrected chi connectivity index (χ2v) is 6.30. The molecule has 1 aromatic carbocycles. The van der Waals surface area contributed by atoms with Crippen LogP contribution < -0.4 is 5.32 Å². The first-order chi connectivity index (χ1) is 9.65. The zero-order valence-corrected chi connectivity index (χ0v) is 12.4. The molecule has 20 heavy (non-hydrogen) atoms. The number of aryl methyl sites for hydroxylation is 1. The summed E-state index contributed by atoms with van der Waals surface area (Å²) in [6.45, 7) is 4.83. The van der Waals surface area contributed by atoms with Crippen LogP contribution in [0.15, 0.2) is 18.2 Å². The topological polar surface area (TPSA) is 21.3 Å². The van der Waals surface area contributed by atoms with Gasteiger partial charge in [-0.05, 0) is 50.8 Å². The van der Waals surface area contributed by atoms with Gasteiger partial charge in [0, 0.05) is 18.1 Å². The first kappa shape index (κ1) is 13.9. The van der Waals surface area contributed by atoms with E-state index in [9.17, 15) is 4.39 Å². The summed E-state index contributed by atoms with van der Waals surface area (Å²) < 4.78 is 19.8. The summed E-state index contributed by atoms with van der Waals surface area (Å²) in [5, 5.41) is 3.45. The van der Waals surface area contributed by atoms with Gasteiger partial charge in [0.2, 0.25) is 0 Å². The average Bonchev–Trinajstić information content (AvgIpc) is 2.94. The van der Waals surface area contributed by atoms with Crippen LogP contribution in [0.4, 0.5) is 10.1 Å². The lowest BCUT2D eigenvalue weighted by atomic mass is 9.60. The fraction of sp³-hybridized carbons (Fsp3) is 0.647. The van der Waals surface area contributed by atoms with Gasteiger partial charge in [0.25, 0.3) is 0 Å². The van der Waals surface area contributed by atoms with E-state index in [1.807, 2.05) is 19.1 Å². The monoisotopic (exact) mass is 277 g/mol. The molecule has 110 valence electrons. The van der Waals surface area contributed by atoms with Crippen LogP contribution in [-0.2, 0) is 4.74 Å². The predicted octanol–water partition coefficient (Wildman–Crippen LogP) is 4.28. The molecule has 0 aliphatic heterocycles. The molecule has 1 N–H and O–H groups in total. The van der Waals surface area contributed by atoms with Crippen molar-refractivity contribution in [3.05, 3.63) is 29.6 Å². The third kappa shape index (κ3) is 2.22. The highest BCUT2D eigenvalue weighted by Gasteiger charge is 2.56. The molecule has 0 bridgehead atoms. The number of anilines is 1. The third-order valence-electron chi connectivity index (χ3n) is 5.14. The highest BCUT2D eigenvalue weighted by Crippen LogP contribution is 2.55. The van der Waals surface area contributed by atoms with Gasteiger partial charge < -0.3 is 10.1 Å². The van der Waals surface area contributed by atoms with Gasteiger partial charge in [0.15, 0.2) is 0 Å². The number of nitrogens with one attached hydrogen (secondary N) is 1. The van der Waals surface area contributed by atoms with E-state index in [4.69, 9.17) is 4.74 Å². The van der Waals surface area contributed by atoms with Crippen LogP contribution in [-0.4, -0.2) is 18.8 Å². The molecule has 0 radical (unpaired) electrons. The van der Waals surface area contributed by atoms with Crippen molar-refractivity contribution in [1.82, 2.24) is 0 Å². The minimum absolute atomic E-state index is 0.149. The number of hydrogen-bond acceptors (Lipinski definition) is 2. The van der Waals surface area contributed by atoms with Crippen LogP contribution in [0.2, 0.25) is 0 Å². The Morgan fingerprint density at radius 2 is 2.10 bits per heavy atom. The molecule has 1 aromatic rings. The molecular formula is C17H24FNO. The first-order valence-electron chi connectivity index (χ1n) is 7.80. The lowest BCUT2D eigenvalue weighted by Crippen LogP contribution is -2.60. The van der Waals surface area contributed by atoms with Crippen molar-refractivity contribution < 1.29 is 9.13 Å². The summed E-state index contributed by atoms with van der Waals surface area (Å²) in [6.07, 6.45) is 6.34. The minimum Gasteiger partial charge on any atom is -0.379 e. The molecule has 3 heteroatoms. The van der Waals surface area contributed by atoms with Gasteiger partial charge >= 0.3 is 0 Å². The fourth-order valence-electron chi connectivity index (χ4n) is 4.03. The van der Waals surface area contributed by atoms with E-state index in [0.717, 1.165) is 18.6 Å². The number of halogens is 1. The molecule has 2 saturated carbocycles. The quantitative estimate of drug-likeness (QED) is 0.886. The van der Waals surface area contributed by atoms with Gasteiger partial charge in [-0.3, -0.25) is 0 Å². The van der Waals surface area contributed by atoms with E-state index >= 15 is 0 Å². The zero-order valence-electron chi connectivity index (χ0n) is 12.4. The highest BCUT2D eigenvalue weighted by molar-refractivity contribution is 5.49. The summed E-state index contributed by atoms with van der Waals surface area (Å²) in [6, 6.07) is 5.64. The zero-order chi connectivity index (χ0) is 14.2. The van der Waals surface area contributed by atoms with Gasteiger partial charge in [-0.25, -0.2) is 4.39 Å². The highest BCUT2D eigenvalue weighted by atomic mass is 19.1. The lowest BCUT2D eigenvalue weighted by Gasteiger charge is -2.54. The van der Waals surface area contributed by atoms with Crippen LogP contribution in [0.3, 0.4) is 0 Å². The van der Waals surface area contributed by atoms with Crippen molar-refractivity contribution in [2.75, 3.05) is 11.9 Å². The molecule has 2 aliphatic carbocycles. The fourth-order valence-corrected chi connectivity index (χ4v) is 4.03. The Labute approximate surface area is 120 Å². The Morgan fingerprint density at radius 3 is 2.80 bits per heavy atom. The van der Waals surface area contributed by atoms with Gasteiger partial charge in [-0.1, -0.05) is 18.9 Å². The van der Waals surface area contributed by atoms with Gasteiger partial charge in [0.05, 0.1) is 11.8 Å². The van der Waals surface area contributed by atoms with E-state index in [1.165, 1.54) is 25.7 Å². The standard InChI is InChI=1S/C17H24FNO/c1-3-20-16-11-15(17(16)8-4-5-9-17)19-14-10-12(2)6-7-13(14)18/h6-7,10,15-16,19H,3-5,8-9,11H2,1-2H3.